The van der Waals surface area contributed by atoms with E-state index >= 15 is 0 Å². The van der Waals surface area contributed by atoms with Crippen LogP contribution in [0.1, 0.15) is 29.2 Å². The van der Waals surface area contributed by atoms with Crippen LogP contribution in [0.15, 0.2) is 42.7 Å². The van der Waals surface area contributed by atoms with E-state index in [4.69, 9.17) is 4.74 Å². The Labute approximate surface area is 134 Å². The number of carbonyl (C=O) groups is 1. The number of ether oxygens (including phenoxy) is 1. The Balaban J connectivity index is 1.64. The number of benzene rings is 1. The average molecular weight is 314 g/mol. The third-order valence-corrected chi connectivity index (χ3v) is 4.17. The first-order chi connectivity index (χ1) is 11.1. The maximum atomic E-state index is 13.5. The maximum Gasteiger partial charge on any atom is 0.226 e. The van der Waals surface area contributed by atoms with Gasteiger partial charge in [0.2, 0.25) is 5.91 Å². The molecule has 1 fully saturated rings. The summed E-state index contributed by atoms with van der Waals surface area (Å²) >= 11 is 0. The lowest BCUT2D eigenvalue weighted by atomic mass is 9.95. The number of pyridine rings is 1. The molecule has 1 N–H and O–H groups in total. The van der Waals surface area contributed by atoms with Crippen LogP contribution in [-0.2, 0) is 16.1 Å². The van der Waals surface area contributed by atoms with E-state index in [1.807, 2.05) is 18.2 Å². The van der Waals surface area contributed by atoms with Crippen molar-refractivity contribution in [3.8, 4) is 0 Å². The van der Waals surface area contributed by atoms with Gasteiger partial charge in [-0.2, -0.15) is 0 Å². The van der Waals surface area contributed by atoms with Gasteiger partial charge in [0.15, 0.2) is 0 Å². The molecule has 1 aromatic heterocycles. The van der Waals surface area contributed by atoms with Crippen LogP contribution in [0.3, 0.4) is 0 Å². The molecule has 23 heavy (non-hydrogen) atoms. The van der Waals surface area contributed by atoms with Gasteiger partial charge in [-0.25, -0.2) is 4.39 Å². The van der Waals surface area contributed by atoms with Crippen LogP contribution in [0, 0.1) is 18.7 Å². The van der Waals surface area contributed by atoms with Crippen LogP contribution >= 0.6 is 0 Å². The Kier molecular flexibility index (Phi) is 4.67. The Morgan fingerprint density at radius 2 is 2.13 bits per heavy atom. The fourth-order valence-electron chi connectivity index (χ4n) is 2.81. The normalized spacial score (nSPS) is 20.4. The number of nitrogens with zero attached hydrogens (tertiary/aromatic N) is 1. The molecule has 3 rings (SSSR count). The molecule has 0 spiro atoms. The molecular weight excluding hydrogens is 295 g/mol. The number of rotatable bonds is 4. The number of hydrogen-bond donors (Lipinski definition) is 1. The number of halogens is 1. The summed E-state index contributed by atoms with van der Waals surface area (Å²) in [5.74, 6) is -0.548. The molecule has 2 heterocycles. The third kappa shape index (κ3) is 3.56. The number of nitrogens with one attached hydrogen (secondary N) is 1. The van der Waals surface area contributed by atoms with Crippen LogP contribution < -0.4 is 5.32 Å². The van der Waals surface area contributed by atoms with Crippen LogP contribution in [0.25, 0.3) is 0 Å². The number of aromatic nitrogens is 1. The zero-order chi connectivity index (χ0) is 16.2. The Hall–Kier alpha value is -2.27. The molecular formula is C18H19FN2O2. The fraction of sp³-hybridized carbons (Fsp3) is 0.333. The zero-order valence-electron chi connectivity index (χ0n) is 13.0. The summed E-state index contributed by atoms with van der Waals surface area (Å²) in [5, 5.41) is 2.89. The van der Waals surface area contributed by atoms with Gasteiger partial charge in [-0.1, -0.05) is 12.1 Å². The lowest BCUT2D eigenvalue weighted by molar-refractivity contribution is -0.126. The molecule has 1 saturated heterocycles. The summed E-state index contributed by atoms with van der Waals surface area (Å²) in [6.45, 7) is 2.59. The summed E-state index contributed by atoms with van der Waals surface area (Å²) in [6.07, 6.45) is 3.83. The highest BCUT2D eigenvalue weighted by atomic mass is 19.1. The molecule has 120 valence electrons. The van der Waals surface area contributed by atoms with Crippen molar-refractivity contribution in [2.45, 2.75) is 26.0 Å². The van der Waals surface area contributed by atoms with Crippen molar-refractivity contribution in [1.29, 1.82) is 0 Å². The molecule has 1 aromatic carbocycles. The monoisotopic (exact) mass is 314 g/mol. The SMILES string of the molecule is Cc1ccc(CNC(=O)[C@@H]2CCO[C@H]2c2ccncc2)cc1F. The van der Waals surface area contributed by atoms with E-state index in [9.17, 15) is 9.18 Å². The van der Waals surface area contributed by atoms with E-state index < -0.39 is 0 Å². The van der Waals surface area contributed by atoms with E-state index in [0.717, 1.165) is 11.1 Å². The molecule has 5 heteroatoms. The zero-order valence-corrected chi connectivity index (χ0v) is 13.0. The predicted octanol–water partition coefficient (Wildman–Crippen LogP) is 2.92. The van der Waals surface area contributed by atoms with Crippen LogP contribution in [0.5, 0.6) is 0 Å². The molecule has 1 aliphatic heterocycles. The standard InChI is InChI=1S/C18H19FN2O2/c1-12-2-3-13(10-16(12)19)11-21-18(22)15-6-9-23-17(15)14-4-7-20-8-5-14/h2-5,7-8,10,15,17H,6,9,11H2,1H3,(H,21,22)/t15-,17+/m1/s1. The minimum absolute atomic E-state index is 0.0645. The van der Waals surface area contributed by atoms with Crippen LogP contribution in [0.4, 0.5) is 4.39 Å². The fourth-order valence-corrected chi connectivity index (χ4v) is 2.81. The summed E-state index contributed by atoms with van der Waals surface area (Å²) in [6, 6.07) is 8.73. The van der Waals surface area contributed by atoms with Gasteiger partial charge in [0.25, 0.3) is 0 Å². The molecule has 0 unspecified atom stereocenters. The highest BCUT2D eigenvalue weighted by molar-refractivity contribution is 5.79. The minimum atomic E-state index is -0.254. The van der Waals surface area contributed by atoms with Crippen molar-refractivity contribution in [1.82, 2.24) is 10.3 Å². The van der Waals surface area contributed by atoms with Crippen molar-refractivity contribution < 1.29 is 13.9 Å². The van der Waals surface area contributed by atoms with Crippen molar-refractivity contribution in [3.05, 3.63) is 65.2 Å². The highest BCUT2D eigenvalue weighted by Gasteiger charge is 2.34. The first kappa shape index (κ1) is 15.6. The van der Waals surface area contributed by atoms with E-state index in [2.05, 4.69) is 10.3 Å². The van der Waals surface area contributed by atoms with E-state index in [0.29, 0.717) is 25.1 Å². The quantitative estimate of drug-likeness (QED) is 0.944. The second-order valence-electron chi connectivity index (χ2n) is 5.77. The Morgan fingerprint density at radius 3 is 2.87 bits per heavy atom. The van der Waals surface area contributed by atoms with E-state index in [1.165, 1.54) is 6.07 Å². The summed E-state index contributed by atoms with van der Waals surface area (Å²) in [4.78, 5) is 16.4. The van der Waals surface area contributed by atoms with Gasteiger partial charge in [0, 0.05) is 25.5 Å². The van der Waals surface area contributed by atoms with Gasteiger partial charge in [-0.05, 0) is 48.2 Å². The molecule has 0 bridgehead atoms. The molecule has 1 aliphatic rings. The Bertz CT molecular complexity index is 691. The third-order valence-electron chi connectivity index (χ3n) is 4.17. The Morgan fingerprint density at radius 1 is 1.35 bits per heavy atom. The molecule has 0 aliphatic carbocycles. The van der Waals surface area contributed by atoms with Crippen molar-refractivity contribution in [2.24, 2.45) is 5.92 Å². The highest BCUT2D eigenvalue weighted by Crippen LogP contribution is 2.34. The number of amides is 1. The molecule has 2 aromatic rings. The van der Waals surface area contributed by atoms with Crippen LogP contribution in [0.2, 0.25) is 0 Å². The molecule has 0 saturated carbocycles. The summed E-state index contributed by atoms with van der Waals surface area (Å²) in [5.41, 5.74) is 2.31. The van der Waals surface area contributed by atoms with Gasteiger partial charge < -0.3 is 10.1 Å². The first-order valence-corrected chi connectivity index (χ1v) is 7.69. The lowest BCUT2D eigenvalue weighted by Gasteiger charge is -2.18. The topological polar surface area (TPSA) is 51.2 Å². The van der Waals surface area contributed by atoms with Crippen molar-refractivity contribution in [2.75, 3.05) is 6.61 Å². The van der Waals surface area contributed by atoms with Crippen molar-refractivity contribution >= 4 is 5.91 Å². The maximum absolute atomic E-state index is 13.5. The first-order valence-electron chi connectivity index (χ1n) is 7.69. The number of hydrogen-bond acceptors (Lipinski definition) is 3. The second kappa shape index (κ2) is 6.87. The largest absolute Gasteiger partial charge is 0.373 e. The number of aryl methyl sites for hydroxylation is 1. The van der Waals surface area contributed by atoms with Crippen LogP contribution in [-0.4, -0.2) is 17.5 Å². The van der Waals surface area contributed by atoms with Gasteiger partial charge in [0.05, 0.1) is 12.0 Å². The molecule has 1 amide bonds. The van der Waals surface area contributed by atoms with Gasteiger partial charge in [-0.3, -0.25) is 9.78 Å². The molecule has 2 atom stereocenters. The minimum Gasteiger partial charge on any atom is -0.373 e. The van der Waals surface area contributed by atoms with Gasteiger partial charge in [-0.15, -0.1) is 0 Å². The average Bonchev–Trinajstić information content (AvgIpc) is 3.06. The van der Waals surface area contributed by atoms with Crippen molar-refractivity contribution in [3.63, 3.8) is 0 Å². The van der Waals surface area contributed by atoms with E-state index in [1.54, 1.807) is 25.4 Å². The van der Waals surface area contributed by atoms with E-state index in [-0.39, 0.29) is 23.7 Å². The van der Waals surface area contributed by atoms with Gasteiger partial charge >= 0.3 is 0 Å². The summed E-state index contributed by atoms with van der Waals surface area (Å²) < 4.78 is 19.3. The summed E-state index contributed by atoms with van der Waals surface area (Å²) in [7, 11) is 0. The molecule has 0 radical (unpaired) electrons. The smallest absolute Gasteiger partial charge is 0.226 e. The molecule has 4 nitrogen and oxygen atoms in total. The predicted molar refractivity (Wildman–Crippen MR) is 84.0 cm³/mol. The number of carbonyl (C=O) groups excluding carboxylic acids is 1. The second-order valence-corrected chi connectivity index (χ2v) is 5.77. The lowest BCUT2D eigenvalue weighted by Crippen LogP contribution is -2.32. The van der Waals surface area contributed by atoms with Gasteiger partial charge in [0.1, 0.15) is 5.82 Å².